The Morgan fingerprint density at radius 1 is 0.822 bits per heavy atom. The molecule has 0 fully saturated rings. The van der Waals surface area contributed by atoms with Crippen LogP contribution in [0.2, 0.25) is 0 Å². The summed E-state index contributed by atoms with van der Waals surface area (Å²) in [7, 11) is 0. The van der Waals surface area contributed by atoms with Gasteiger partial charge in [-0.2, -0.15) is 0 Å². The van der Waals surface area contributed by atoms with Crippen LogP contribution < -0.4 is 25.4 Å². The first kappa shape index (κ1) is 31.4. The molecule has 9 heteroatoms. The first-order valence-electron chi connectivity index (χ1n) is 14.8. The second-order valence-electron chi connectivity index (χ2n) is 10.8. The third-order valence-electron chi connectivity index (χ3n) is 7.12. The fraction of sp³-hybridized carbons (Fsp3) is 0.194. The number of anilines is 2. The van der Waals surface area contributed by atoms with E-state index in [2.05, 4.69) is 29.8 Å². The van der Waals surface area contributed by atoms with E-state index >= 15 is 0 Å². The predicted molar refractivity (Wildman–Crippen MR) is 179 cm³/mol. The van der Waals surface area contributed by atoms with E-state index in [-0.39, 0.29) is 29.6 Å². The summed E-state index contributed by atoms with van der Waals surface area (Å²) in [6.45, 7) is 6.34. The lowest BCUT2D eigenvalue weighted by Crippen LogP contribution is -2.30. The number of benzene rings is 4. The van der Waals surface area contributed by atoms with Crippen molar-refractivity contribution in [1.82, 2.24) is 5.32 Å². The maximum absolute atomic E-state index is 13.6. The molecule has 0 saturated heterocycles. The minimum absolute atomic E-state index is 0.105. The minimum Gasteiger partial charge on any atom is -0.454 e. The number of rotatable bonds is 11. The quantitative estimate of drug-likeness (QED) is 0.119. The number of nitrogens with one attached hydrogen (secondary N) is 3. The number of hydrogen-bond donors (Lipinski definition) is 3. The molecule has 0 spiro atoms. The van der Waals surface area contributed by atoms with Gasteiger partial charge in [-0.05, 0) is 72.0 Å². The molecule has 230 valence electrons. The van der Waals surface area contributed by atoms with Crippen LogP contribution in [0.15, 0.2) is 108 Å². The molecule has 0 bridgehead atoms. The van der Waals surface area contributed by atoms with Gasteiger partial charge in [0.05, 0.1) is 5.25 Å². The molecule has 45 heavy (non-hydrogen) atoms. The molecule has 3 N–H and O–H groups in total. The van der Waals surface area contributed by atoms with Crippen molar-refractivity contribution < 1.29 is 23.9 Å². The lowest BCUT2D eigenvalue weighted by Gasteiger charge is -2.16. The van der Waals surface area contributed by atoms with Crippen molar-refractivity contribution in [2.45, 2.75) is 43.3 Å². The largest absolute Gasteiger partial charge is 0.454 e. The van der Waals surface area contributed by atoms with Crippen LogP contribution in [-0.4, -0.2) is 29.8 Å². The summed E-state index contributed by atoms with van der Waals surface area (Å²) in [6.07, 6.45) is 2.25. The molecule has 1 unspecified atom stereocenters. The SMILES string of the molecule is CCC(Sc1cccc(NC(=O)/C(=C\c2ccc(C(C)C)cc2)NC(=O)c2ccccc2)c1)C(=O)Nc1ccc2c(c1)OCO2. The van der Waals surface area contributed by atoms with Crippen LogP contribution in [0.3, 0.4) is 0 Å². The zero-order valence-corrected chi connectivity index (χ0v) is 26.1. The van der Waals surface area contributed by atoms with Gasteiger partial charge < -0.3 is 25.4 Å². The third kappa shape index (κ3) is 8.33. The van der Waals surface area contributed by atoms with Crippen LogP contribution in [0.4, 0.5) is 11.4 Å². The molecule has 1 aliphatic rings. The smallest absolute Gasteiger partial charge is 0.272 e. The molecule has 4 aromatic carbocycles. The number of ether oxygens (including phenoxy) is 2. The Bertz CT molecular complexity index is 1700. The topological polar surface area (TPSA) is 106 Å². The van der Waals surface area contributed by atoms with Gasteiger partial charge >= 0.3 is 0 Å². The molecular weight excluding hydrogens is 586 g/mol. The molecule has 0 aliphatic carbocycles. The summed E-state index contributed by atoms with van der Waals surface area (Å²) in [5, 5.41) is 8.27. The monoisotopic (exact) mass is 621 g/mol. The number of thioether (sulfide) groups is 1. The highest BCUT2D eigenvalue weighted by molar-refractivity contribution is 8.00. The fourth-order valence-electron chi connectivity index (χ4n) is 4.62. The van der Waals surface area contributed by atoms with E-state index in [4.69, 9.17) is 9.47 Å². The third-order valence-corrected chi connectivity index (χ3v) is 8.47. The number of hydrogen-bond acceptors (Lipinski definition) is 6. The van der Waals surface area contributed by atoms with Crippen molar-refractivity contribution in [2.75, 3.05) is 17.4 Å². The molecule has 0 radical (unpaired) electrons. The Hall–Kier alpha value is -5.02. The Kier molecular flexibility index (Phi) is 10.2. The molecular formula is C36H35N3O5S. The van der Waals surface area contributed by atoms with Crippen LogP contribution >= 0.6 is 11.8 Å². The summed E-state index contributed by atoms with van der Waals surface area (Å²) < 4.78 is 10.8. The zero-order chi connectivity index (χ0) is 31.8. The van der Waals surface area contributed by atoms with Gasteiger partial charge in [-0.3, -0.25) is 14.4 Å². The van der Waals surface area contributed by atoms with Crippen molar-refractivity contribution >= 4 is 46.9 Å². The summed E-state index contributed by atoms with van der Waals surface area (Å²) in [6, 6.07) is 29.2. The summed E-state index contributed by atoms with van der Waals surface area (Å²) in [4.78, 5) is 40.5. The lowest BCUT2D eigenvalue weighted by molar-refractivity contribution is -0.116. The van der Waals surface area contributed by atoms with Gasteiger partial charge in [0.2, 0.25) is 12.7 Å². The maximum Gasteiger partial charge on any atom is 0.272 e. The Morgan fingerprint density at radius 2 is 1.56 bits per heavy atom. The average molecular weight is 622 g/mol. The summed E-state index contributed by atoms with van der Waals surface area (Å²) >= 11 is 1.40. The molecule has 5 rings (SSSR count). The Balaban J connectivity index is 1.30. The minimum atomic E-state index is -0.470. The molecule has 8 nitrogen and oxygen atoms in total. The van der Waals surface area contributed by atoms with Crippen molar-refractivity contribution in [3.8, 4) is 11.5 Å². The molecule has 1 atom stereocenters. The maximum atomic E-state index is 13.6. The fourth-order valence-corrected chi connectivity index (χ4v) is 5.63. The van der Waals surface area contributed by atoms with E-state index in [0.29, 0.717) is 40.8 Å². The van der Waals surface area contributed by atoms with Crippen LogP contribution in [0.5, 0.6) is 11.5 Å². The first-order valence-corrected chi connectivity index (χ1v) is 15.6. The highest BCUT2D eigenvalue weighted by Gasteiger charge is 2.21. The zero-order valence-electron chi connectivity index (χ0n) is 25.3. The van der Waals surface area contributed by atoms with E-state index in [1.54, 1.807) is 54.6 Å². The second-order valence-corrected chi connectivity index (χ2v) is 12.0. The molecule has 4 aromatic rings. The molecule has 0 aromatic heterocycles. The van der Waals surface area contributed by atoms with Crippen molar-refractivity contribution in [2.24, 2.45) is 0 Å². The normalized spacial score (nSPS) is 12.8. The number of fused-ring (bicyclic) bond motifs is 1. The van der Waals surface area contributed by atoms with Gasteiger partial charge in [-0.15, -0.1) is 11.8 Å². The highest BCUT2D eigenvalue weighted by Crippen LogP contribution is 2.35. The molecule has 1 heterocycles. The number of carbonyl (C=O) groups excluding carboxylic acids is 3. The van der Waals surface area contributed by atoms with Crippen molar-refractivity contribution in [3.63, 3.8) is 0 Å². The van der Waals surface area contributed by atoms with Gasteiger partial charge in [0, 0.05) is 27.9 Å². The van der Waals surface area contributed by atoms with E-state index in [1.165, 1.54) is 17.3 Å². The van der Waals surface area contributed by atoms with Crippen molar-refractivity contribution in [1.29, 1.82) is 0 Å². The molecule has 0 saturated carbocycles. The van der Waals surface area contributed by atoms with Gasteiger partial charge in [0.1, 0.15) is 5.70 Å². The van der Waals surface area contributed by atoms with Crippen LogP contribution in [0.25, 0.3) is 6.08 Å². The number of amides is 3. The molecule has 3 amide bonds. The molecule has 1 aliphatic heterocycles. The Labute approximate surface area is 267 Å². The van der Waals surface area contributed by atoms with Gasteiger partial charge in [0.25, 0.3) is 11.8 Å². The van der Waals surface area contributed by atoms with E-state index < -0.39 is 5.91 Å². The number of carbonyl (C=O) groups is 3. The highest BCUT2D eigenvalue weighted by atomic mass is 32.2. The van der Waals surface area contributed by atoms with Gasteiger partial charge in [-0.25, -0.2) is 0 Å². The summed E-state index contributed by atoms with van der Waals surface area (Å²) in [5.41, 5.74) is 3.66. The van der Waals surface area contributed by atoms with E-state index in [0.717, 1.165) is 10.5 Å². The Morgan fingerprint density at radius 3 is 2.29 bits per heavy atom. The van der Waals surface area contributed by atoms with Crippen molar-refractivity contribution in [3.05, 3.63) is 119 Å². The first-order chi connectivity index (χ1) is 21.8. The predicted octanol–water partition coefficient (Wildman–Crippen LogP) is 7.46. The summed E-state index contributed by atoms with van der Waals surface area (Å²) in [5.74, 6) is 0.609. The van der Waals surface area contributed by atoms with E-state index in [1.807, 2.05) is 55.5 Å². The lowest BCUT2D eigenvalue weighted by atomic mass is 10.0. The standard InChI is InChI=1S/C36H35N3O5S/c1-4-33(36(42)38-28-17-18-31-32(21-28)44-22-43-31)45-29-12-8-11-27(20-29)37-35(41)30(39-34(40)26-9-6-5-7-10-26)19-24-13-15-25(16-14-24)23(2)3/h5-21,23,33H,4,22H2,1-3H3,(H,37,41)(H,38,42)(H,39,40)/b30-19+. The van der Waals surface area contributed by atoms with Gasteiger partial charge in [-0.1, -0.05) is 69.3 Å². The van der Waals surface area contributed by atoms with E-state index in [9.17, 15) is 14.4 Å². The van der Waals surface area contributed by atoms with Crippen LogP contribution in [0.1, 0.15) is 54.6 Å². The average Bonchev–Trinajstić information content (AvgIpc) is 3.52. The van der Waals surface area contributed by atoms with Crippen LogP contribution in [-0.2, 0) is 9.59 Å². The van der Waals surface area contributed by atoms with Gasteiger partial charge in [0.15, 0.2) is 11.5 Å². The van der Waals surface area contributed by atoms with Crippen LogP contribution in [0, 0.1) is 0 Å². The second kappa shape index (κ2) is 14.6.